The van der Waals surface area contributed by atoms with Gasteiger partial charge < -0.3 is 10.6 Å². The molecule has 0 spiro atoms. The summed E-state index contributed by atoms with van der Waals surface area (Å²) in [4.78, 5) is 0. The van der Waals surface area contributed by atoms with Crippen molar-refractivity contribution < 1.29 is 4.39 Å². The number of halogens is 2. The van der Waals surface area contributed by atoms with Gasteiger partial charge in [-0.2, -0.15) is 0 Å². The Morgan fingerprint density at radius 1 is 1.12 bits per heavy atom. The lowest BCUT2D eigenvalue weighted by Crippen LogP contribution is -2.40. The van der Waals surface area contributed by atoms with E-state index in [1.807, 2.05) is 46.8 Å². The van der Waals surface area contributed by atoms with Gasteiger partial charge in [0.05, 0.1) is 10.6 Å². The fourth-order valence-electron chi connectivity index (χ4n) is 3.26. The molecule has 0 aromatic heterocycles. The van der Waals surface area contributed by atoms with Crippen molar-refractivity contribution in [3.05, 3.63) is 70.0 Å². The summed E-state index contributed by atoms with van der Waals surface area (Å²) in [6, 6.07) is 9.58. The molecule has 2 nitrogen and oxygen atoms in total. The van der Waals surface area contributed by atoms with Crippen LogP contribution in [-0.4, -0.2) is 18.6 Å². The largest absolute Gasteiger partial charge is 0.311 e. The van der Waals surface area contributed by atoms with Gasteiger partial charge in [0.15, 0.2) is 0 Å². The van der Waals surface area contributed by atoms with E-state index < -0.39 is 5.82 Å². The van der Waals surface area contributed by atoms with Crippen LogP contribution in [0.4, 0.5) is 4.39 Å². The molecule has 33 heavy (non-hydrogen) atoms. The number of rotatable bonds is 9. The van der Waals surface area contributed by atoms with Gasteiger partial charge in [-0.3, -0.25) is 0 Å². The molecule has 2 rings (SSSR count). The summed E-state index contributed by atoms with van der Waals surface area (Å²) in [5, 5.41) is 7.67. The van der Waals surface area contributed by atoms with Gasteiger partial charge in [0, 0.05) is 30.7 Å². The smallest absolute Gasteiger partial charge is 0.139 e. The molecule has 4 heteroatoms. The van der Waals surface area contributed by atoms with E-state index in [0.29, 0.717) is 17.6 Å². The Balaban J connectivity index is 0.00000242. The van der Waals surface area contributed by atoms with E-state index in [-0.39, 0.29) is 11.6 Å². The van der Waals surface area contributed by atoms with Gasteiger partial charge >= 0.3 is 0 Å². The molecule has 0 saturated heterocycles. The van der Waals surface area contributed by atoms with E-state index in [0.717, 1.165) is 35.2 Å². The number of hydrogen-bond donors (Lipinski definition) is 2. The second-order valence-corrected chi connectivity index (χ2v) is 7.90. The van der Waals surface area contributed by atoms with E-state index in [4.69, 9.17) is 18.0 Å². The van der Waals surface area contributed by atoms with E-state index >= 15 is 0 Å². The minimum atomic E-state index is -0.410. The quantitative estimate of drug-likeness (QED) is 0.286. The Morgan fingerprint density at radius 3 is 2.33 bits per heavy atom. The van der Waals surface area contributed by atoms with E-state index in [9.17, 15) is 4.39 Å². The Bertz CT molecular complexity index is 897. The van der Waals surface area contributed by atoms with Gasteiger partial charge in [0.25, 0.3) is 0 Å². The molecule has 0 aliphatic rings. The van der Waals surface area contributed by atoms with E-state index in [1.54, 1.807) is 6.07 Å². The standard InChI is InChI=1S/C25H30ClFN2.2C2H6/c1-6-8-9-22(29-17(3)4)16-28-15-21-12-18(5)13-23(25(21)26)20-11-10-19(7-2)24(27)14-20;2*1-2/h2,8-14,17,22,28-29H,6,15-16H2,1,3-5H3;2*1-2H3. The molecule has 0 amide bonds. The Hall–Kier alpha value is -2.12. The van der Waals surface area contributed by atoms with Gasteiger partial charge in [0.1, 0.15) is 5.82 Å². The van der Waals surface area contributed by atoms with Crippen molar-refractivity contribution in [3.63, 3.8) is 0 Å². The number of allylic oxidation sites excluding steroid dienone is 1. The third-order valence-electron chi connectivity index (χ3n) is 4.56. The molecule has 0 radical (unpaired) electrons. The molecule has 1 atom stereocenters. The van der Waals surface area contributed by atoms with Crippen molar-refractivity contribution in [2.45, 2.75) is 80.4 Å². The molecule has 0 aliphatic carbocycles. The van der Waals surface area contributed by atoms with Gasteiger partial charge in [-0.25, -0.2) is 4.39 Å². The zero-order chi connectivity index (χ0) is 25.4. The third kappa shape index (κ3) is 10.6. The van der Waals surface area contributed by atoms with Crippen molar-refractivity contribution in [2.24, 2.45) is 0 Å². The first-order chi connectivity index (χ1) is 15.8. The molecule has 2 aromatic carbocycles. The monoisotopic (exact) mass is 472 g/mol. The van der Waals surface area contributed by atoms with Crippen LogP contribution < -0.4 is 10.6 Å². The predicted octanol–water partition coefficient (Wildman–Crippen LogP) is 7.91. The summed E-state index contributed by atoms with van der Waals surface area (Å²) < 4.78 is 14.2. The summed E-state index contributed by atoms with van der Waals surface area (Å²) in [6.07, 6.45) is 10.7. The number of hydrogen-bond acceptors (Lipinski definition) is 2. The van der Waals surface area contributed by atoms with Crippen molar-refractivity contribution >= 4 is 11.6 Å². The van der Waals surface area contributed by atoms with Crippen LogP contribution in [0.3, 0.4) is 0 Å². The minimum Gasteiger partial charge on any atom is -0.311 e. The van der Waals surface area contributed by atoms with Crippen molar-refractivity contribution in [2.75, 3.05) is 6.54 Å². The second-order valence-electron chi connectivity index (χ2n) is 7.52. The fraction of sp³-hybridized carbons (Fsp3) is 0.448. The first kappa shape index (κ1) is 30.9. The highest BCUT2D eigenvalue weighted by Gasteiger charge is 2.13. The Kier molecular flexibility index (Phi) is 16.3. The van der Waals surface area contributed by atoms with Crippen LogP contribution in [0.25, 0.3) is 11.1 Å². The normalized spacial score (nSPS) is 11.3. The van der Waals surface area contributed by atoms with Gasteiger partial charge in [-0.05, 0) is 42.7 Å². The number of terminal acetylenes is 1. The molecule has 1 unspecified atom stereocenters. The SMILES string of the molecule is C#Cc1ccc(-c2cc(C)cc(CNCC(C=CCC)NC(C)C)c2Cl)cc1F.CC.CC. The summed E-state index contributed by atoms with van der Waals surface area (Å²) >= 11 is 6.69. The molecular formula is C29H42ClFN2. The lowest BCUT2D eigenvalue weighted by Gasteiger charge is -2.19. The molecule has 0 fully saturated rings. The molecule has 0 saturated carbocycles. The van der Waals surface area contributed by atoms with Crippen LogP contribution in [0.1, 0.15) is 71.6 Å². The third-order valence-corrected chi connectivity index (χ3v) is 5.01. The Morgan fingerprint density at radius 2 is 1.79 bits per heavy atom. The molecule has 0 heterocycles. The maximum absolute atomic E-state index is 14.2. The first-order valence-corrected chi connectivity index (χ1v) is 12.4. The fourth-order valence-corrected chi connectivity index (χ4v) is 3.54. The van der Waals surface area contributed by atoms with Crippen LogP contribution in [0.5, 0.6) is 0 Å². The highest BCUT2D eigenvalue weighted by molar-refractivity contribution is 6.34. The number of nitrogens with one attached hydrogen (secondary N) is 2. The molecule has 182 valence electrons. The van der Waals surface area contributed by atoms with Crippen molar-refractivity contribution in [1.82, 2.24) is 10.6 Å². The lowest BCUT2D eigenvalue weighted by molar-refractivity contribution is 0.489. The average Bonchev–Trinajstić information content (AvgIpc) is 2.81. The van der Waals surface area contributed by atoms with Gasteiger partial charge in [-0.15, -0.1) is 6.42 Å². The molecular weight excluding hydrogens is 431 g/mol. The summed E-state index contributed by atoms with van der Waals surface area (Å²) in [7, 11) is 0. The lowest BCUT2D eigenvalue weighted by atomic mass is 9.98. The number of benzene rings is 2. The predicted molar refractivity (Wildman–Crippen MR) is 145 cm³/mol. The van der Waals surface area contributed by atoms with Crippen LogP contribution >= 0.6 is 11.6 Å². The van der Waals surface area contributed by atoms with Gasteiger partial charge in [-0.1, -0.05) is 95.8 Å². The van der Waals surface area contributed by atoms with E-state index in [2.05, 4.69) is 55.5 Å². The topological polar surface area (TPSA) is 24.1 Å². The molecule has 2 N–H and O–H groups in total. The maximum atomic E-state index is 14.2. The summed E-state index contributed by atoms with van der Waals surface area (Å²) in [6.45, 7) is 17.8. The average molecular weight is 473 g/mol. The Labute approximate surface area is 207 Å². The second kappa shape index (κ2) is 17.4. The molecule has 2 aromatic rings. The van der Waals surface area contributed by atoms with Crippen LogP contribution in [0, 0.1) is 25.1 Å². The maximum Gasteiger partial charge on any atom is 0.139 e. The van der Waals surface area contributed by atoms with Crippen molar-refractivity contribution in [1.29, 1.82) is 0 Å². The van der Waals surface area contributed by atoms with Crippen LogP contribution in [-0.2, 0) is 6.54 Å². The molecule has 0 aliphatic heterocycles. The highest BCUT2D eigenvalue weighted by atomic mass is 35.5. The van der Waals surface area contributed by atoms with E-state index in [1.165, 1.54) is 6.07 Å². The highest BCUT2D eigenvalue weighted by Crippen LogP contribution is 2.33. The van der Waals surface area contributed by atoms with Crippen molar-refractivity contribution in [3.8, 4) is 23.5 Å². The number of aryl methyl sites for hydroxylation is 1. The van der Waals surface area contributed by atoms with Gasteiger partial charge in [0.2, 0.25) is 0 Å². The zero-order valence-corrected chi connectivity index (χ0v) is 22.4. The summed E-state index contributed by atoms with van der Waals surface area (Å²) in [5.41, 5.74) is 3.86. The zero-order valence-electron chi connectivity index (χ0n) is 21.7. The summed E-state index contributed by atoms with van der Waals surface area (Å²) in [5.74, 6) is 1.94. The van der Waals surface area contributed by atoms with Crippen LogP contribution in [0.15, 0.2) is 42.5 Å². The molecule has 0 bridgehead atoms. The minimum absolute atomic E-state index is 0.253. The van der Waals surface area contributed by atoms with Crippen LogP contribution in [0.2, 0.25) is 5.02 Å². The first-order valence-electron chi connectivity index (χ1n) is 12.0.